The predicted molar refractivity (Wildman–Crippen MR) is 139 cm³/mol. The molecule has 8 heteroatoms. The number of methoxy groups -OCH3 is 1. The first kappa shape index (κ1) is 23.8. The van der Waals surface area contributed by atoms with Crippen LogP contribution in [0.1, 0.15) is 51.9 Å². The number of nitrogens with zero attached hydrogens (tertiary/aromatic N) is 1. The second kappa shape index (κ2) is 9.28. The van der Waals surface area contributed by atoms with Gasteiger partial charge in [-0.3, -0.25) is 19.3 Å². The maximum atomic E-state index is 13.8. The van der Waals surface area contributed by atoms with Crippen molar-refractivity contribution < 1.29 is 23.5 Å². The van der Waals surface area contributed by atoms with Gasteiger partial charge in [-0.05, 0) is 74.0 Å². The number of hydrogen-bond donors (Lipinski definition) is 0. The van der Waals surface area contributed by atoms with Crippen LogP contribution in [-0.2, 0) is 0 Å². The predicted octanol–water partition coefficient (Wildman–Crippen LogP) is 5.92. The summed E-state index contributed by atoms with van der Waals surface area (Å²) in [5.41, 5.74) is 1.98. The molecule has 1 aliphatic heterocycles. The minimum Gasteiger partial charge on any atom is -0.493 e. The molecule has 3 aromatic carbocycles. The molecule has 0 saturated carbocycles. The molecule has 0 aliphatic carbocycles. The van der Waals surface area contributed by atoms with Crippen LogP contribution in [0, 0.1) is 0 Å². The largest absolute Gasteiger partial charge is 0.493 e. The Bertz CT molecular complexity index is 1570. The number of fused-ring (bicyclic) bond motifs is 2. The number of carbonyl (C=O) groups excluding carboxylic acids is 2. The summed E-state index contributed by atoms with van der Waals surface area (Å²) in [4.78, 5) is 40.9. The van der Waals surface area contributed by atoms with Crippen molar-refractivity contribution in [1.29, 1.82) is 0 Å². The van der Waals surface area contributed by atoms with Gasteiger partial charge >= 0.3 is 0 Å². The number of rotatable bonds is 6. The van der Waals surface area contributed by atoms with Gasteiger partial charge in [-0.1, -0.05) is 22.0 Å². The Balaban J connectivity index is 1.76. The Morgan fingerprint density at radius 1 is 1.03 bits per heavy atom. The van der Waals surface area contributed by atoms with Gasteiger partial charge in [-0.2, -0.15) is 0 Å². The Kier molecular flexibility index (Phi) is 6.14. The number of Topliss-reactive ketones (excluding diaryl/α,β-unsaturated/α-hetero) is 1. The molecule has 0 spiro atoms. The van der Waals surface area contributed by atoms with E-state index in [0.717, 1.165) is 4.47 Å². The summed E-state index contributed by atoms with van der Waals surface area (Å²) in [6.45, 7) is 3.81. The lowest BCUT2D eigenvalue weighted by Crippen LogP contribution is -2.29. The van der Waals surface area contributed by atoms with Gasteiger partial charge in [-0.15, -0.1) is 0 Å². The molecule has 1 atom stereocenters. The van der Waals surface area contributed by atoms with Crippen molar-refractivity contribution in [2.45, 2.75) is 19.9 Å². The van der Waals surface area contributed by atoms with E-state index in [1.807, 2.05) is 13.0 Å². The summed E-state index contributed by atoms with van der Waals surface area (Å²) < 4.78 is 17.9. The zero-order valence-electron chi connectivity index (χ0n) is 19.8. The number of amides is 1. The van der Waals surface area contributed by atoms with E-state index in [0.29, 0.717) is 45.9 Å². The number of halogens is 1. The van der Waals surface area contributed by atoms with E-state index in [1.165, 1.54) is 18.9 Å². The first-order chi connectivity index (χ1) is 17.3. The number of hydrogen-bond acceptors (Lipinski definition) is 6. The third-order valence-electron chi connectivity index (χ3n) is 6.19. The van der Waals surface area contributed by atoms with E-state index in [9.17, 15) is 14.4 Å². The molecule has 0 saturated heterocycles. The number of ether oxygens (including phenoxy) is 2. The Hall–Kier alpha value is -3.91. The van der Waals surface area contributed by atoms with Crippen molar-refractivity contribution in [2.24, 2.45) is 0 Å². The van der Waals surface area contributed by atoms with Gasteiger partial charge in [-0.25, -0.2) is 0 Å². The van der Waals surface area contributed by atoms with E-state index in [2.05, 4.69) is 15.9 Å². The third kappa shape index (κ3) is 3.87. The fraction of sp³-hybridized carbons (Fsp3) is 0.179. The van der Waals surface area contributed by atoms with Crippen LogP contribution in [0.3, 0.4) is 0 Å². The van der Waals surface area contributed by atoms with Crippen molar-refractivity contribution in [3.8, 4) is 11.5 Å². The van der Waals surface area contributed by atoms with Crippen molar-refractivity contribution in [2.75, 3.05) is 18.6 Å². The maximum Gasteiger partial charge on any atom is 0.295 e. The van der Waals surface area contributed by atoms with Crippen LogP contribution in [-0.4, -0.2) is 25.4 Å². The third-order valence-corrected chi connectivity index (χ3v) is 6.68. The van der Waals surface area contributed by atoms with Crippen LogP contribution >= 0.6 is 15.9 Å². The van der Waals surface area contributed by atoms with Crippen molar-refractivity contribution >= 4 is 44.3 Å². The highest BCUT2D eigenvalue weighted by Gasteiger charge is 2.44. The van der Waals surface area contributed by atoms with Gasteiger partial charge in [0.2, 0.25) is 5.76 Å². The van der Waals surface area contributed by atoms with Crippen LogP contribution in [0.2, 0.25) is 0 Å². The number of anilines is 1. The van der Waals surface area contributed by atoms with Gasteiger partial charge in [0, 0.05) is 15.7 Å². The summed E-state index contributed by atoms with van der Waals surface area (Å²) in [5, 5.41) is 0.368. The van der Waals surface area contributed by atoms with Crippen LogP contribution in [0.25, 0.3) is 11.0 Å². The number of carbonyl (C=O) groups is 2. The van der Waals surface area contributed by atoms with E-state index >= 15 is 0 Å². The lowest BCUT2D eigenvalue weighted by atomic mass is 9.97. The lowest BCUT2D eigenvalue weighted by molar-refractivity contribution is 0.0970. The van der Waals surface area contributed by atoms with Gasteiger partial charge in [0.25, 0.3) is 5.91 Å². The van der Waals surface area contributed by atoms with E-state index < -0.39 is 11.9 Å². The second-order valence-electron chi connectivity index (χ2n) is 8.34. The second-order valence-corrected chi connectivity index (χ2v) is 9.25. The Morgan fingerprint density at radius 2 is 1.78 bits per heavy atom. The van der Waals surface area contributed by atoms with Crippen LogP contribution < -0.4 is 19.8 Å². The summed E-state index contributed by atoms with van der Waals surface area (Å²) in [5.74, 6) is 0.498. The smallest absolute Gasteiger partial charge is 0.295 e. The van der Waals surface area contributed by atoms with Gasteiger partial charge in [0.15, 0.2) is 22.7 Å². The summed E-state index contributed by atoms with van der Waals surface area (Å²) in [6.07, 6.45) is 0. The minimum atomic E-state index is -0.778. The number of benzene rings is 3. The van der Waals surface area contributed by atoms with Crippen molar-refractivity contribution in [3.63, 3.8) is 0 Å². The Morgan fingerprint density at radius 3 is 2.44 bits per heavy atom. The maximum absolute atomic E-state index is 13.8. The van der Waals surface area contributed by atoms with Crippen LogP contribution in [0.15, 0.2) is 74.3 Å². The summed E-state index contributed by atoms with van der Waals surface area (Å²) in [7, 11) is 1.53. The van der Waals surface area contributed by atoms with Crippen LogP contribution in [0.5, 0.6) is 11.5 Å². The normalized spacial score (nSPS) is 14.7. The monoisotopic (exact) mass is 547 g/mol. The molecule has 4 aromatic rings. The first-order valence-electron chi connectivity index (χ1n) is 11.4. The Labute approximate surface area is 215 Å². The SMILES string of the molecule is CCOc1ccc(C2c3c(oc4ccc(Br)cc4c3=O)C(=O)N2c2ccc(C(C)=O)cc2)cc1OC. The molecule has 0 N–H and O–H groups in total. The van der Waals surface area contributed by atoms with Gasteiger partial charge in [0.1, 0.15) is 5.58 Å². The molecule has 5 rings (SSSR count). The molecule has 0 bridgehead atoms. The van der Waals surface area contributed by atoms with Gasteiger partial charge < -0.3 is 13.9 Å². The topological polar surface area (TPSA) is 86.0 Å². The van der Waals surface area contributed by atoms with E-state index in [1.54, 1.807) is 54.6 Å². The fourth-order valence-corrected chi connectivity index (χ4v) is 4.87. The molecule has 182 valence electrons. The molecule has 7 nitrogen and oxygen atoms in total. The summed E-state index contributed by atoms with van der Waals surface area (Å²) in [6, 6.07) is 16.4. The highest BCUT2D eigenvalue weighted by Crippen LogP contribution is 2.43. The molecule has 0 radical (unpaired) electrons. The van der Waals surface area contributed by atoms with Crippen LogP contribution in [0.4, 0.5) is 5.69 Å². The van der Waals surface area contributed by atoms with E-state index in [-0.39, 0.29) is 22.5 Å². The summed E-state index contributed by atoms with van der Waals surface area (Å²) >= 11 is 3.41. The molecule has 0 fully saturated rings. The average molecular weight is 548 g/mol. The molecule has 1 amide bonds. The molecule has 1 unspecified atom stereocenters. The van der Waals surface area contributed by atoms with Gasteiger partial charge in [0.05, 0.1) is 30.7 Å². The molecular weight excluding hydrogens is 526 g/mol. The molecule has 2 heterocycles. The van der Waals surface area contributed by atoms with Crippen molar-refractivity contribution in [3.05, 3.63) is 97.8 Å². The molecule has 1 aliphatic rings. The van der Waals surface area contributed by atoms with E-state index in [4.69, 9.17) is 13.9 Å². The average Bonchev–Trinajstić information content (AvgIpc) is 3.17. The first-order valence-corrected chi connectivity index (χ1v) is 12.1. The molecule has 36 heavy (non-hydrogen) atoms. The highest BCUT2D eigenvalue weighted by atomic mass is 79.9. The minimum absolute atomic E-state index is 0.0108. The molecule has 1 aromatic heterocycles. The highest BCUT2D eigenvalue weighted by molar-refractivity contribution is 9.10. The zero-order valence-corrected chi connectivity index (χ0v) is 21.4. The zero-order chi connectivity index (χ0) is 25.6. The lowest BCUT2D eigenvalue weighted by Gasteiger charge is -2.26. The quantitative estimate of drug-likeness (QED) is 0.279. The van der Waals surface area contributed by atoms with Crippen molar-refractivity contribution in [1.82, 2.24) is 0 Å². The number of ketones is 1. The standard InChI is InChI=1S/C28H22BrNO6/c1-4-35-22-11-7-17(13-23(22)34-3)25-24-26(32)20-14-18(29)8-12-21(20)36-27(24)28(33)30(25)19-9-5-16(6-10-19)15(2)31/h5-14,25H,4H2,1-3H3. The molecular formula is C28H22BrNO6. The fourth-order valence-electron chi connectivity index (χ4n) is 4.51.